The summed E-state index contributed by atoms with van der Waals surface area (Å²) < 4.78 is 13.4. The zero-order valence-electron chi connectivity index (χ0n) is 14.7. The zero-order valence-corrected chi connectivity index (χ0v) is 18.6. The summed E-state index contributed by atoms with van der Waals surface area (Å²) in [6.45, 7) is 3.74. The molecule has 142 valence electrons. The number of nitrogens with zero attached hydrogens (tertiary/aromatic N) is 1. The Morgan fingerprint density at radius 1 is 1.40 bits per heavy atom. The van der Waals surface area contributed by atoms with E-state index in [9.17, 15) is 9.50 Å². The number of aliphatic imine (C=N–C) groups is 1. The highest BCUT2D eigenvalue weighted by atomic mass is 127. The summed E-state index contributed by atoms with van der Waals surface area (Å²) in [5.74, 6) is 3.00. The van der Waals surface area contributed by atoms with Crippen molar-refractivity contribution in [1.82, 2.24) is 10.6 Å². The number of benzene rings is 1. The molecule has 1 saturated heterocycles. The van der Waals surface area contributed by atoms with Crippen LogP contribution in [-0.2, 0) is 12.3 Å². The summed E-state index contributed by atoms with van der Waals surface area (Å²) in [5.41, 5.74) is 1.35. The van der Waals surface area contributed by atoms with Gasteiger partial charge in [-0.15, -0.1) is 24.0 Å². The van der Waals surface area contributed by atoms with Gasteiger partial charge in [-0.2, -0.15) is 23.5 Å². The van der Waals surface area contributed by atoms with E-state index in [1.807, 2.05) is 13.2 Å². The number of thioether (sulfide) groups is 2. The number of hydrogen-bond acceptors (Lipinski definition) is 4. The summed E-state index contributed by atoms with van der Waals surface area (Å²) >= 11 is 3.44. The van der Waals surface area contributed by atoms with Crippen molar-refractivity contribution in [3.8, 4) is 0 Å². The van der Waals surface area contributed by atoms with Crippen molar-refractivity contribution in [1.29, 1.82) is 0 Å². The molecule has 0 amide bonds. The van der Waals surface area contributed by atoms with Crippen LogP contribution >= 0.6 is 47.5 Å². The molecule has 1 atom stereocenters. The zero-order chi connectivity index (χ0) is 17.4. The van der Waals surface area contributed by atoms with E-state index in [1.54, 1.807) is 35.7 Å². The third-order valence-electron chi connectivity index (χ3n) is 3.89. The fraction of sp³-hybridized carbons (Fsp3) is 0.588. The normalized spacial score (nSPS) is 20.2. The third kappa shape index (κ3) is 7.52. The quantitative estimate of drug-likeness (QED) is 0.306. The van der Waals surface area contributed by atoms with Gasteiger partial charge in [-0.25, -0.2) is 9.38 Å². The van der Waals surface area contributed by atoms with Crippen LogP contribution in [0.4, 0.5) is 4.39 Å². The van der Waals surface area contributed by atoms with Gasteiger partial charge in [-0.3, -0.25) is 0 Å². The maximum absolute atomic E-state index is 13.4. The Hall–Kier alpha value is -0.190. The molecule has 25 heavy (non-hydrogen) atoms. The van der Waals surface area contributed by atoms with E-state index < -0.39 is 5.60 Å². The van der Waals surface area contributed by atoms with E-state index in [0.717, 1.165) is 41.4 Å². The van der Waals surface area contributed by atoms with Crippen molar-refractivity contribution in [2.45, 2.75) is 31.2 Å². The number of hydrogen-bond donors (Lipinski definition) is 3. The van der Waals surface area contributed by atoms with E-state index in [0.29, 0.717) is 19.0 Å². The lowest BCUT2D eigenvalue weighted by Crippen LogP contribution is -2.47. The summed E-state index contributed by atoms with van der Waals surface area (Å²) in [7, 11) is 0. The number of nitrogens with one attached hydrogen (secondary N) is 2. The minimum Gasteiger partial charge on any atom is -0.387 e. The van der Waals surface area contributed by atoms with Gasteiger partial charge in [0.05, 0.1) is 12.1 Å². The van der Waals surface area contributed by atoms with Crippen molar-refractivity contribution in [2.24, 2.45) is 4.99 Å². The van der Waals surface area contributed by atoms with Crippen LogP contribution in [0.1, 0.15) is 24.5 Å². The first-order valence-corrected chi connectivity index (χ1v) is 10.7. The molecule has 1 aliphatic rings. The SMILES string of the molecule is CCNC(=NCc1ccc(F)cc1CSC)NCC1(O)CCSC1.I. The van der Waals surface area contributed by atoms with Crippen LogP contribution in [0.15, 0.2) is 23.2 Å². The van der Waals surface area contributed by atoms with Gasteiger partial charge in [0.1, 0.15) is 5.82 Å². The predicted molar refractivity (Wildman–Crippen MR) is 119 cm³/mol. The highest BCUT2D eigenvalue weighted by molar-refractivity contribution is 14.0. The monoisotopic (exact) mass is 499 g/mol. The molecule has 0 aliphatic carbocycles. The number of halogens is 2. The van der Waals surface area contributed by atoms with Gasteiger partial charge in [0.2, 0.25) is 0 Å². The fourth-order valence-electron chi connectivity index (χ4n) is 2.53. The van der Waals surface area contributed by atoms with E-state index >= 15 is 0 Å². The molecule has 3 N–H and O–H groups in total. The van der Waals surface area contributed by atoms with E-state index in [1.165, 1.54) is 6.07 Å². The molecule has 1 aromatic rings. The van der Waals surface area contributed by atoms with Crippen LogP contribution in [0, 0.1) is 5.82 Å². The molecule has 0 saturated carbocycles. The Balaban J connectivity index is 0.00000312. The van der Waals surface area contributed by atoms with Crippen molar-refractivity contribution < 1.29 is 9.50 Å². The molecule has 0 bridgehead atoms. The second-order valence-electron chi connectivity index (χ2n) is 5.92. The van der Waals surface area contributed by atoms with Crippen LogP contribution < -0.4 is 10.6 Å². The van der Waals surface area contributed by atoms with Gasteiger partial charge in [-0.05, 0) is 48.6 Å². The van der Waals surface area contributed by atoms with Crippen LogP contribution in [0.5, 0.6) is 0 Å². The van der Waals surface area contributed by atoms with Crippen LogP contribution in [0.2, 0.25) is 0 Å². The molecule has 2 rings (SSSR count). The molecule has 0 spiro atoms. The van der Waals surface area contributed by atoms with E-state index in [-0.39, 0.29) is 29.8 Å². The maximum Gasteiger partial charge on any atom is 0.191 e. The average Bonchev–Trinajstić information content (AvgIpc) is 2.99. The highest BCUT2D eigenvalue weighted by Crippen LogP contribution is 2.26. The van der Waals surface area contributed by atoms with Gasteiger partial charge < -0.3 is 15.7 Å². The fourth-order valence-corrected chi connectivity index (χ4v) is 4.40. The largest absolute Gasteiger partial charge is 0.387 e. The molecule has 1 fully saturated rings. The van der Waals surface area contributed by atoms with Crippen molar-refractivity contribution in [3.63, 3.8) is 0 Å². The minimum atomic E-state index is -0.652. The van der Waals surface area contributed by atoms with E-state index in [2.05, 4.69) is 15.6 Å². The Morgan fingerprint density at radius 3 is 2.84 bits per heavy atom. The molecular weight excluding hydrogens is 472 g/mol. The minimum absolute atomic E-state index is 0. The Labute approximate surface area is 175 Å². The van der Waals surface area contributed by atoms with Crippen LogP contribution in [-0.4, -0.2) is 47.5 Å². The summed E-state index contributed by atoms with van der Waals surface area (Å²) in [6, 6.07) is 4.86. The second kappa shape index (κ2) is 11.5. The molecule has 0 radical (unpaired) electrons. The first-order valence-electron chi connectivity index (χ1n) is 8.15. The van der Waals surface area contributed by atoms with Crippen molar-refractivity contribution >= 4 is 53.5 Å². The second-order valence-corrected chi connectivity index (χ2v) is 7.89. The Bertz CT molecular complexity index is 569. The first-order chi connectivity index (χ1) is 11.6. The Kier molecular flexibility index (Phi) is 10.5. The first kappa shape index (κ1) is 22.9. The van der Waals surface area contributed by atoms with Gasteiger partial charge >= 0.3 is 0 Å². The summed E-state index contributed by atoms with van der Waals surface area (Å²) in [6.07, 6.45) is 2.81. The number of aliphatic hydroxyl groups is 1. The third-order valence-corrected chi connectivity index (χ3v) is 5.72. The highest BCUT2D eigenvalue weighted by Gasteiger charge is 2.31. The standard InChI is InChI=1S/C17H26FN3OS2.HI/c1-3-19-16(21-11-17(22)6-7-24-12-17)20-9-13-4-5-15(18)8-14(13)10-23-2;/h4-5,8,22H,3,6-7,9-12H2,1-2H3,(H2,19,20,21);1H. The van der Waals surface area contributed by atoms with Gasteiger partial charge in [-0.1, -0.05) is 6.07 Å². The summed E-state index contributed by atoms with van der Waals surface area (Å²) in [4.78, 5) is 4.59. The number of rotatable bonds is 7. The van der Waals surface area contributed by atoms with Gasteiger partial charge in [0.25, 0.3) is 0 Å². The van der Waals surface area contributed by atoms with Gasteiger partial charge in [0, 0.05) is 24.6 Å². The van der Waals surface area contributed by atoms with Crippen molar-refractivity contribution in [2.75, 3.05) is 30.9 Å². The summed E-state index contributed by atoms with van der Waals surface area (Å²) in [5, 5.41) is 16.9. The lowest BCUT2D eigenvalue weighted by atomic mass is 10.0. The molecule has 8 heteroatoms. The van der Waals surface area contributed by atoms with E-state index in [4.69, 9.17) is 0 Å². The van der Waals surface area contributed by atoms with Crippen LogP contribution in [0.25, 0.3) is 0 Å². The maximum atomic E-state index is 13.4. The molecule has 1 unspecified atom stereocenters. The molecule has 1 aliphatic heterocycles. The molecular formula is C17H27FIN3OS2. The molecule has 4 nitrogen and oxygen atoms in total. The van der Waals surface area contributed by atoms with Crippen LogP contribution in [0.3, 0.4) is 0 Å². The van der Waals surface area contributed by atoms with Crippen molar-refractivity contribution in [3.05, 3.63) is 35.1 Å². The topological polar surface area (TPSA) is 56.7 Å². The van der Waals surface area contributed by atoms with Gasteiger partial charge in [0.15, 0.2) is 5.96 Å². The Morgan fingerprint density at radius 2 is 2.20 bits per heavy atom. The molecule has 1 heterocycles. The predicted octanol–water partition coefficient (Wildman–Crippen LogP) is 3.23. The molecule has 1 aromatic carbocycles. The number of guanidine groups is 1. The smallest absolute Gasteiger partial charge is 0.191 e. The lowest BCUT2D eigenvalue weighted by molar-refractivity contribution is 0.0724. The molecule has 0 aromatic heterocycles. The lowest BCUT2D eigenvalue weighted by Gasteiger charge is -2.23. The average molecular weight is 499 g/mol.